The summed E-state index contributed by atoms with van der Waals surface area (Å²) in [5.74, 6) is -0.399. The third-order valence-electron chi connectivity index (χ3n) is 11.1. The first-order chi connectivity index (χ1) is 15.2. The fraction of sp³-hybridized carbons (Fsp3) is 1.00. The van der Waals surface area contributed by atoms with E-state index < -0.39 is 28.3 Å². The summed E-state index contributed by atoms with van der Waals surface area (Å²) in [6.07, 6.45) is 1.26. The van der Waals surface area contributed by atoms with Gasteiger partial charge in [0, 0.05) is 64.6 Å². The molecule has 6 rings (SSSR count). The Bertz CT molecular complexity index is 798. The molecule has 1 aliphatic heterocycles. The molecule has 182 valence electrons. The number of aliphatic hydroxyl groups is 3. The highest BCUT2D eigenvalue weighted by Crippen LogP contribution is 2.79. The monoisotopic (exact) mass is 453 g/mol. The van der Waals surface area contributed by atoms with Crippen LogP contribution in [0, 0.1) is 29.1 Å². The van der Waals surface area contributed by atoms with Crippen molar-refractivity contribution in [3.63, 3.8) is 0 Å². The fourth-order valence-electron chi connectivity index (χ4n) is 10.6. The number of hydrogen-bond donors (Lipinski definition) is 3. The van der Waals surface area contributed by atoms with E-state index in [1.807, 2.05) is 0 Å². The van der Waals surface area contributed by atoms with E-state index in [4.69, 9.17) is 18.9 Å². The number of methoxy groups -OCH3 is 4. The molecule has 32 heavy (non-hydrogen) atoms. The van der Waals surface area contributed by atoms with Gasteiger partial charge < -0.3 is 34.3 Å². The quantitative estimate of drug-likeness (QED) is 0.536. The van der Waals surface area contributed by atoms with Gasteiger partial charge in [0.2, 0.25) is 0 Å². The first kappa shape index (κ1) is 22.2. The minimum atomic E-state index is -1.57. The summed E-state index contributed by atoms with van der Waals surface area (Å²) in [5.41, 5.74) is -4.55. The van der Waals surface area contributed by atoms with Gasteiger partial charge in [0.25, 0.3) is 0 Å². The lowest BCUT2D eigenvalue weighted by atomic mass is 9.44. The molecule has 1 heterocycles. The molecule has 0 aromatic heterocycles. The van der Waals surface area contributed by atoms with Crippen molar-refractivity contribution in [3.05, 3.63) is 0 Å². The number of fused-ring (bicyclic) bond motifs is 2. The lowest BCUT2D eigenvalue weighted by molar-refractivity contribution is -0.322. The first-order valence-electron chi connectivity index (χ1n) is 12.3. The van der Waals surface area contributed by atoms with E-state index in [9.17, 15) is 15.3 Å². The van der Waals surface area contributed by atoms with Gasteiger partial charge in [0.1, 0.15) is 11.2 Å². The SMILES string of the molecule is CCN1CC2(O)CCC(OC)C34C5CC6C(OC)CC(O)(C5C6OC)C(O)(C(OC)C23)C14. The predicted octanol–water partition coefficient (Wildman–Crippen LogP) is 0.0234. The molecule has 6 fully saturated rings. The molecule has 1 spiro atoms. The number of rotatable bonds is 5. The zero-order valence-corrected chi connectivity index (χ0v) is 19.9. The smallest absolute Gasteiger partial charge is 0.136 e. The average Bonchev–Trinajstić information content (AvgIpc) is 3.20. The van der Waals surface area contributed by atoms with Crippen LogP contribution in [0.2, 0.25) is 0 Å². The zero-order chi connectivity index (χ0) is 22.8. The Balaban J connectivity index is 1.68. The lowest BCUT2D eigenvalue weighted by Crippen LogP contribution is -2.82. The molecule has 0 aromatic carbocycles. The van der Waals surface area contributed by atoms with Gasteiger partial charge >= 0.3 is 0 Å². The maximum Gasteiger partial charge on any atom is 0.136 e. The Morgan fingerprint density at radius 1 is 1.00 bits per heavy atom. The van der Waals surface area contributed by atoms with Crippen LogP contribution >= 0.6 is 0 Å². The third-order valence-corrected chi connectivity index (χ3v) is 11.1. The molecule has 6 aliphatic rings. The van der Waals surface area contributed by atoms with Gasteiger partial charge in [-0.15, -0.1) is 0 Å². The molecule has 0 amide bonds. The number of β-amino-alcohol motifs (C(OH)–C–C–N with tert-alkyl or cyclic N) is 1. The molecular weight excluding hydrogens is 414 g/mol. The molecule has 7 bridgehead atoms. The van der Waals surface area contributed by atoms with Crippen molar-refractivity contribution in [1.82, 2.24) is 4.90 Å². The highest BCUT2D eigenvalue weighted by molar-refractivity contribution is 5.41. The van der Waals surface area contributed by atoms with Crippen LogP contribution in [0.4, 0.5) is 0 Å². The van der Waals surface area contributed by atoms with Crippen LogP contribution in [0.1, 0.15) is 32.6 Å². The minimum absolute atomic E-state index is 0.0316. The van der Waals surface area contributed by atoms with Crippen molar-refractivity contribution in [2.45, 2.75) is 79.9 Å². The predicted molar refractivity (Wildman–Crippen MR) is 114 cm³/mol. The van der Waals surface area contributed by atoms with E-state index in [1.165, 1.54) is 0 Å². The maximum absolute atomic E-state index is 12.8. The van der Waals surface area contributed by atoms with Gasteiger partial charge in [-0.2, -0.15) is 0 Å². The number of nitrogens with zero attached hydrogens (tertiary/aromatic N) is 1. The maximum atomic E-state index is 12.8. The molecule has 8 nitrogen and oxygen atoms in total. The van der Waals surface area contributed by atoms with Crippen molar-refractivity contribution in [1.29, 1.82) is 0 Å². The molecule has 13 unspecified atom stereocenters. The van der Waals surface area contributed by atoms with Crippen LogP contribution in [-0.4, -0.2) is 109 Å². The summed E-state index contributed by atoms with van der Waals surface area (Å²) in [5, 5.41) is 37.6. The summed E-state index contributed by atoms with van der Waals surface area (Å²) in [6, 6.07) is -0.362. The summed E-state index contributed by atoms with van der Waals surface area (Å²) >= 11 is 0. The van der Waals surface area contributed by atoms with Gasteiger partial charge in [0.05, 0.1) is 36.1 Å². The van der Waals surface area contributed by atoms with Gasteiger partial charge in [-0.1, -0.05) is 6.92 Å². The van der Waals surface area contributed by atoms with E-state index in [1.54, 1.807) is 28.4 Å². The molecule has 0 radical (unpaired) electrons. The van der Waals surface area contributed by atoms with E-state index in [0.29, 0.717) is 25.9 Å². The van der Waals surface area contributed by atoms with Crippen molar-refractivity contribution in [2.24, 2.45) is 29.1 Å². The summed E-state index contributed by atoms with van der Waals surface area (Å²) < 4.78 is 24.3. The zero-order valence-electron chi connectivity index (χ0n) is 19.9. The van der Waals surface area contributed by atoms with Crippen LogP contribution in [0.3, 0.4) is 0 Å². The number of piperidine rings is 1. The largest absolute Gasteiger partial charge is 0.388 e. The highest BCUT2D eigenvalue weighted by Gasteiger charge is 2.91. The second-order valence-electron chi connectivity index (χ2n) is 11.4. The van der Waals surface area contributed by atoms with Gasteiger partial charge in [0.15, 0.2) is 0 Å². The summed E-state index contributed by atoms with van der Waals surface area (Å²) in [4.78, 5) is 2.21. The van der Waals surface area contributed by atoms with E-state index in [0.717, 1.165) is 12.8 Å². The second kappa shape index (κ2) is 6.66. The van der Waals surface area contributed by atoms with Gasteiger partial charge in [-0.05, 0) is 31.7 Å². The Labute approximate surface area is 190 Å². The van der Waals surface area contributed by atoms with Crippen molar-refractivity contribution >= 4 is 0 Å². The number of ether oxygens (including phenoxy) is 4. The van der Waals surface area contributed by atoms with Crippen LogP contribution in [0.15, 0.2) is 0 Å². The van der Waals surface area contributed by atoms with Crippen LogP contribution in [0.25, 0.3) is 0 Å². The van der Waals surface area contributed by atoms with E-state index in [-0.39, 0.29) is 48.0 Å². The third kappa shape index (κ3) is 1.99. The van der Waals surface area contributed by atoms with E-state index >= 15 is 0 Å². The highest BCUT2D eigenvalue weighted by atomic mass is 16.5. The van der Waals surface area contributed by atoms with Crippen molar-refractivity contribution in [3.8, 4) is 0 Å². The van der Waals surface area contributed by atoms with Crippen LogP contribution in [0.5, 0.6) is 0 Å². The summed E-state index contributed by atoms with van der Waals surface area (Å²) in [6.45, 7) is 3.23. The number of likely N-dealkylation sites (N-methyl/N-ethyl adjacent to an activating group) is 1. The summed E-state index contributed by atoms with van der Waals surface area (Å²) in [7, 11) is 6.75. The number of likely N-dealkylation sites (tertiary alicyclic amines) is 1. The van der Waals surface area contributed by atoms with Crippen molar-refractivity contribution in [2.75, 3.05) is 41.5 Å². The fourth-order valence-corrected chi connectivity index (χ4v) is 10.6. The topological polar surface area (TPSA) is 101 Å². The Morgan fingerprint density at radius 2 is 1.75 bits per heavy atom. The standard InChI is InChI=1S/C24H39NO7/c1-6-25-11-21(26)8-7-15(30-3)23-13-9-12-14(29-2)10-22(27,16(13)17(12)31-4)24(28,20(23)25)19(32-5)18(21)23/h12-20,26-28H,6-11H2,1-5H3. The average molecular weight is 454 g/mol. The first-order valence-corrected chi connectivity index (χ1v) is 12.3. The van der Waals surface area contributed by atoms with Gasteiger partial charge in [-0.25, -0.2) is 0 Å². The molecule has 5 saturated carbocycles. The van der Waals surface area contributed by atoms with Crippen molar-refractivity contribution < 1.29 is 34.3 Å². The molecule has 3 N–H and O–H groups in total. The molecule has 1 saturated heterocycles. The molecule has 13 atom stereocenters. The second-order valence-corrected chi connectivity index (χ2v) is 11.4. The Morgan fingerprint density at radius 3 is 2.34 bits per heavy atom. The lowest BCUT2D eigenvalue weighted by Gasteiger charge is -2.69. The van der Waals surface area contributed by atoms with Crippen LogP contribution < -0.4 is 0 Å². The Kier molecular flexibility index (Phi) is 4.62. The minimum Gasteiger partial charge on any atom is -0.388 e. The van der Waals surface area contributed by atoms with Gasteiger partial charge in [-0.3, -0.25) is 4.90 Å². The Hall–Kier alpha value is -0.320. The molecular formula is C24H39NO7. The normalized spacial score (nSPS) is 62.4. The molecule has 8 heteroatoms. The molecule has 5 aliphatic carbocycles. The number of hydrogen-bond acceptors (Lipinski definition) is 8. The van der Waals surface area contributed by atoms with Crippen LogP contribution in [-0.2, 0) is 18.9 Å². The molecule has 0 aromatic rings. The van der Waals surface area contributed by atoms with E-state index in [2.05, 4.69) is 11.8 Å².